The van der Waals surface area contributed by atoms with Crippen molar-refractivity contribution in [2.24, 2.45) is 11.8 Å². The molecule has 1 aromatic carbocycles. The van der Waals surface area contributed by atoms with Gasteiger partial charge >= 0.3 is 5.97 Å². The van der Waals surface area contributed by atoms with Crippen LogP contribution in [0.1, 0.15) is 50.2 Å². The van der Waals surface area contributed by atoms with E-state index in [1.165, 1.54) is 21.9 Å². The molecule has 2 N–H and O–H groups in total. The maximum atomic E-state index is 15.2. The average molecular weight is 524 g/mol. The molecule has 2 fully saturated rings. The zero-order chi connectivity index (χ0) is 25.5. The fourth-order valence-electron chi connectivity index (χ4n) is 4.56. The highest BCUT2D eigenvalue weighted by Crippen LogP contribution is 2.58. The van der Waals surface area contributed by atoms with E-state index in [0.29, 0.717) is 21.4 Å². The molecule has 12 heteroatoms. The molecule has 0 amide bonds. The zero-order valence-corrected chi connectivity index (χ0v) is 21.3. The number of nitrogens with zero attached hydrogens (tertiary/aromatic N) is 3. The maximum absolute atomic E-state index is 15.2. The Balaban J connectivity index is 1.70. The number of carboxylic acid groups (broad SMARTS) is 1. The third kappa shape index (κ3) is 3.48. The zero-order valence-electron chi connectivity index (χ0n) is 19.7. The number of imidazole rings is 1. The van der Waals surface area contributed by atoms with Crippen LogP contribution in [0.2, 0.25) is 0 Å². The van der Waals surface area contributed by atoms with E-state index in [4.69, 9.17) is 4.74 Å². The normalized spacial score (nSPS) is 17.2. The first kappa shape index (κ1) is 24.1. The van der Waals surface area contributed by atoms with Gasteiger partial charge in [0.25, 0.3) is 0 Å². The van der Waals surface area contributed by atoms with Crippen LogP contribution in [0.3, 0.4) is 0 Å². The number of hydrogen-bond donors (Lipinski definition) is 2. The van der Waals surface area contributed by atoms with Crippen LogP contribution in [0.4, 0.5) is 4.39 Å². The van der Waals surface area contributed by atoms with E-state index in [1.54, 1.807) is 6.92 Å². The lowest BCUT2D eigenvalue weighted by Gasteiger charge is -2.25. The summed E-state index contributed by atoms with van der Waals surface area (Å²) in [6, 6.07) is 2.32. The first-order chi connectivity index (χ1) is 16.3. The van der Waals surface area contributed by atoms with Crippen molar-refractivity contribution in [2.75, 3.05) is 7.11 Å². The van der Waals surface area contributed by atoms with E-state index < -0.39 is 42.6 Å². The summed E-state index contributed by atoms with van der Waals surface area (Å²) >= 11 is 1.28. The van der Waals surface area contributed by atoms with E-state index in [1.807, 2.05) is 0 Å². The van der Waals surface area contributed by atoms with E-state index >= 15 is 4.39 Å². The standard InChI is InChI=1S/C23H26FN3O6S2/c1-11-17(27-21(25-11)34-19(26-27)23(30,13-5-6-13)14-7-8-14)12-9-15(24)18(33-4)16(10-12)35(31,32)22(2,3)20(28)29/h9-10,13-14,30H,5-8H2,1-4H3,(H,28,29). The minimum atomic E-state index is -4.56. The van der Waals surface area contributed by atoms with E-state index in [-0.39, 0.29) is 17.4 Å². The molecule has 0 spiro atoms. The molecular weight excluding hydrogens is 497 g/mol. The Hall–Kier alpha value is -2.57. The number of aromatic nitrogens is 3. The van der Waals surface area contributed by atoms with Crippen LogP contribution in [-0.2, 0) is 20.2 Å². The van der Waals surface area contributed by atoms with Crippen LogP contribution in [0.5, 0.6) is 5.75 Å². The van der Waals surface area contributed by atoms with Crippen molar-refractivity contribution in [2.45, 2.75) is 61.7 Å². The first-order valence-electron chi connectivity index (χ1n) is 11.3. The quantitative estimate of drug-likeness (QED) is 0.458. The third-order valence-corrected chi connectivity index (χ3v) is 10.5. The summed E-state index contributed by atoms with van der Waals surface area (Å²) in [7, 11) is -3.44. The highest BCUT2D eigenvalue weighted by molar-refractivity contribution is 7.93. The lowest BCUT2D eigenvalue weighted by molar-refractivity contribution is -0.139. The van der Waals surface area contributed by atoms with Gasteiger partial charge in [0.05, 0.1) is 18.5 Å². The van der Waals surface area contributed by atoms with Crippen LogP contribution in [-0.4, -0.2) is 51.1 Å². The van der Waals surface area contributed by atoms with Gasteiger partial charge in [0.1, 0.15) is 15.5 Å². The molecule has 0 saturated heterocycles. The van der Waals surface area contributed by atoms with E-state index in [9.17, 15) is 23.4 Å². The van der Waals surface area contributed by atoms with Gasteiger partial charge in [-0.25, -0.2) is 22.3 Å². The van der Waals surface area contributed by atoms with Crippen molar-refractivity contribution >= 4 is 32.1 Å². The van der Waals surface area contributed by atoms with Gasteiger partial charge in [-0.05, 0) is 70.4 Å². The maximum Gasteiger partial charge on any atom is 0.324 e. The molecule has 0 radical (unpaired) electrons. The molecule has 0 unspecified atom stereocenters. The van der Waals surface area contributed by atoms with Crippen LogP contribution in [0, 0.1) is 24.6 Å². The number of benzene rings is 1. The smallest absolute Gasteiger partial charge is 0.324 e. The van der Waals surface area contributed by atoms with Crippen molar-refractivity contribution in [1.82, 2.24) is 14.6 Å². The number of aryl methyl sites for hydroxylation is 1. The summed E-state index contributed by atoms with van der Waals surface area (Å²) in [5, 5.41) is 26.3. The molecule has 2 aliphatic rings. The summed E-state index contributed by atoms with van der Waals surface area (Å²) in [5.41, 5.74) is -0.00204. The summed E-state index contributed by atoms with van der Waals surface area (Å²) in [5.74, 6) is -2.77. The monoisotopic (exact) mass is 523 g/mol. The Bertz CT molecular complexity index is 1460. The van der Waals surface area contributed by atoms with Crippen LogP contribution >= 0.6 is 11.3 Å². The number of halogens is 1. The second-order valence-corrected chi connectivity index (χ2v) is 13.3. The molecule has 0 bridgehead atoms. The van der Waals surface area contributed by atoms with Crippen molar-refractivity contribution in [3.05, 3.63) is 28.7 Å². The molecular formula is C23H26FN3O6S2. The number of hydrogen-bond acceptors (Lipinski definition) is 8. The van der Waals surface area contributed by atoms with Crippen molar-refractivity contribution in [3.63, 3.8) is 0 Å². The largest absolute Gasteiger partial charge is 0.492 e. The molecule has 9 nitrogen and oxygen atoms in total. The Morgan fingerprint density at radius 1 is 1.23 bits per heavy atom. The Morgan fingerprint density at radius 3 is 2.34 bits per heavy atom. The van der Waals surface area contributed by atoms with Gasteiger partial charge in [-0.1, -0.05) is 11.3 Å². The van der Waals surface area contributed by atoms with Crippen LogP contribution in [0.15, 0.2) is 17.0 Å². The van der Waals surface area contributed by atoms with E-state index in [2.05, 4.69) is 10.1 Å². The van der Waals surface area contributed by atoms with E-state index in [0.717, 1.165) is 52.7 Å². The van der Waals surface area contributed by atoms with Crippen molar-refractivity contribution in [3.8, 4) is 17.0 Å². The third-order valence-electron chi connectivity index (χ3n) is 7.08. The van der Waals surface area contributed by atoms with Crippen LogP contribution in [0.25, 0.3) is 16.2 Å². The predicted octanol–water partition coefficient (Wildman–Crippen LogP) is 3.56. The summed E-state index contributed by atoms with van der Waals surface area (Å²) in [6.07, 6.45) is 3.74. The molecule has 2 aliphatic carbocycles. The number of carboxylic acids is 1. The Morgan fingerprint density at radius 2 is 1.83 bits per heavy atom. The van der Waals surface area contributed by atoms with Gasteiger partial charge in [-0.3, -0.25) is 4.79 Å². The molecule has 35 heavy (non-hydrogen) atoms. The second kappa shape index (κ2) is 7.71. The highest BCUT2D eigenvalue weighted by atomic mass is 32.2. The number of methoxy groups -OCH3 is 1. The number of ether oxygens (including phenoxy) is 1. The fraction of sp³-hybridized carbons (Fsp3) is 0.522. The molecule has 5 rings (SSSR count). The van der Waals surface area contributed by atoms with Gasteiger partial charge in [0, 0.05) is 5.56 Å². The molecule has 0 aliphatic heterocycles. The molecule has 2 saturated carbocycles. The minimum absolute atomic E-state index is 0.156. The van der Waals surface area contributed by atoms with Gasteiger partial charge < -0.3 is 14.9 Å². The summed E-state index contributed by atoms with van der Waals surface area (Å²) in [6.45, 7) is 3.78. The van der Waals surface area contributed by atoms with Crippen molar-refractivity contribution < 1.29 is 32.6 Å². The summed E-state index contributed by atoms with van der Waals surface area (Å²) in [4.78, 5) is 16.2. The van der Waals surface area contributed by atoms with Gasteiger partial charge in [0.15, 0.2) is 26.2 Å². The fourth-order valence-corrected chi connectivity index (χ4v) is 7.24. The number of aliphatic carboxylic acids is 1. The molecule has 188 valence electrons. The van der Waals surface area contributed by atoms with Gasteiger partial charge in [0.2, 0.25) is 4.96 Å². The lowest BCUT2D eigenvalue weighted by atomic mass is 9.93. The number of aliphatic hydroxyl groups is 1. The topological polar surface area (TPSA) is 131 Å². The predicted molar refractivity (Wildman–Crippen MR) is 126 cm³/mol. The second-order valence-electron chi connectivity index (χ2n) is 9.83. The number of carbonyl (C=O) groups is 1. The summed E-state index contributed by atoms with van der Waals surface area (Å²) < 4.78 is 46.1. The van der Waals surface area contributed by atoms with Crippen LogP contribution < -0.4 is 4.74 Å². The highest BCUT2D eigenvalue weighted by Gasteiger charge is 2.56. The molecule has 2 aromatic heterocycles. The lowest BCUT2D eigenvalue weighted by Crippen LogP contribution is -2.40. The number of fused-ring (bicyclic) bond motifs is 1. The Labute approximate surface area is 205 Å². The molecule has 0 atom stereocenters. The SMILES string of the molecule is COc1c(F)cc(-c2c(C)nc3sc(C(O)(C4CC4)C4CC4)nn23)cc1S(=O)(=O)C(C)(C)C(=O)O. The number of rotatable bonds is 8. The Kier molecular flexibility index (Phi) is 5.32. The molecule has 2 heterocycles. The average Bonchev–Trinajstić information content (AvgIpc) is 3.70. The first-order valence-corrected chi connectivity index (χ1v) is 13.6. The van der Waals surface area contributed by atoms with Gasteiger partial charge in [-0.2, -0.15) is 5.10 Å². The molecule has 3 aromatic rings. The van der Waals surface area contributed by atoms with Gasteiger partial charge in [-0.15, -0.1) is 0 Å². The van der Waals surface area contributed by atoms with Crippen molar-refractivity contribution in [1.29, 1.82) is 0 Å². The number of sulfone groups is 1. The minimum Gasteiger partial charge on any atom is -0.492 e.